The van der Waals surface area contributed by atoms with Gasteiger partial charge in [0.15, 0.2) is 18.1 Å². The summed E-state index contributed by atoms with van der Waals surface area (Å²) in [6.45, 7) is 2.20. The van der Waals surface area contributed by atoms with E-state index in [-0.39, 0.29) is 19.1 Å². The van der Waals surface area contributed by atoms with Crippen molar-refractivity contribution < 1.29 is 23.8 Å². The third-order valence-electron chi connectivity index (χ3n) is 5.94. The highest BCUT2D eigenvalue weighted by atomic mass is 16.5. The van der Waals surface area contributed by atoms with Crippen molar-refractivity contribution in [3.8, 4) is 11.5 Å². The van der Waals surface area contributed by atoms with Crippen LogP contribution in [0.1, 0.15) is 40.5 Å². The van der Waals surface area contributed by atoms with Crippen LogP contribution in [0.2, 0.25) is 0 Å². The minimum Gasteiger partial charge on any atom is -0.493 e. The van der Waals surface area contributed by atoms with Gasteiger partial charge in [-0.1, -0.05) is 13.0 Å². The van der Waals surface area contributed by atoms with E-state index in [1.807, 2.05) is 18.2 Å². The van der Waals surface area contributed by atoms with Gasteiger partial charge in [-0.15, -0.1) is 0 Å². The molecule has 0 saturated heterocycles. The van der Waals surface area contributed by atoms with Gasteiger partial charge in [0.05, 0.1) is 19.8 Å². The molecule has 1 aromatic heterocycles. The predicted octanol–water partition coefficient (Wildman–Crippen LogP) is 3.78. The summed E-state index contributed by atoms with van der Waals surface area (Å²) in [5.74, 6) is 0.953. The second-order valence-electron chi connectivity index (χ2n) is 8.23. The standard InChI is InChI=1S/C25H28N2O5/c1-15-4-7-20-18(10-15)19-12-17(6-8-21(19)27-20)25(29)32-14-24(28)26-13-16-5-9-22(30-2)23(11-16)31-3/h5-6,8-9,11-12,15,27H,4,7,10,13-14H2,1-3H3,(H,26,28)/t15-/m0/s1. The topological polar surface area (TPSA) is 89.6 Å². The molecule has 0 fully saturated rings. The first-order valence-electron chi connectivity index (χ1n) is 10.8. The Labute approximate surface area is 187 Å². The summed E-state index contributed by atoms with van der Waals surface area (Å²) >= 11 is 0. The molecule has 1 aliphatic carbocycles. The maximum atomic E-state index is 12.5. The van der Waals surface area contributed by atoms with Crippen molar-refractivity contribution >= 4 is 22.8 Å². The van der Waals surface area contributed by atoms with Crippen molar-refractivity contribution in [1.82, 2.24) is 10.3 Å². The number of hydrogen-bond donors (Lipinski definition) is 2. The molecule has 168 valence electrons. The van der Waals surface area contributed by atoms with E-state index in [2.05, 4.69) is 17.2 Å². The molecule has 7 heteroatoms. The molecule has 32 heavy (non-hydrogen) atoms. The van der Waals surface area contributed by atoms with Crippen LogP contribution < -0.4 is 14.8 Å². The van der Waals surface area contributed by atoms with Gasteiger partial charge in [0.2, 0.25) is 0 Å². The number of rotatable bonds is 7. The first-order chi connectivity index (χ1) is 15.5. The third-order valence-corrected chi connectivity index (χ3v) is 5.94. The highest BCUT2D eigenvalue weighted by molar-refractivity contribution is 5.97. The molecule has 0 bridgehead atoms. The number of aromatic amines is 1. The maximum Gasteiger partial charge on any atom is 0.338 e. The van der Waals surface area contributed by atoms with Crippen LogP contribution in [0, 0.1) is 5.92 Å². The summed E-state index contributed by atoms with van der Waals surface area (Å²) in [7, 11) is 3.12. The lowest BCUT2D eigenvalue weighted by atomic mass is 9.87. The number of nitrogens with one attached hydrogen (secondary N) is 2. The Morgan fingerprint density at radius 1 is 1.09 bits per heavy atom. The fraction of sp³-hybridized carbons (Fsp3) is 0.360. The molecule has 0 radical (unpaired) electrons. The Bertz CT molecular complexity index is 1150. The van der Waals surface area contributed by atoms with Gasteiger partial charge < -0.3 is 24.5 Å². The van der Waals surface area contributed by atoms with Crippen LogP contribution in [0.25, 0.3) is 10.9 Å². The number of aromatic nitrogens is 1. The van der Waals surface area contributed by atoms with E-state index in [1.54, 1.807) is 32.4 Å². The van der Waals surface area contributed by atoms with Crippen molar-refractivity contribution in [2.75, 3.05) is 20.8 Å². The molecule has 2 aromatic carbocycles. The van der Waals surface area contributed by atoms with Gasteiger partial charge in [-0.25, -0.2) is 4.79 Å². The van der Waals surface area contributed by atoms with Crippen LogP contribution in [0.4, 0.5) is 0 Å². The largest absolute Gasteiger partial charge is 0.493 e. The van der Waals surface area contributed by atoms with Gasteiger partial charge in [-0.2, -0.15) is 0 Å². The summed E-state index contributed by atoms with van der Waals surface area (Å²) in [4.78, 5) is 28.2. The van der Waals surface area contributed by atoms with Crippen LogP contribution in [0.3, 0.4) is 0 Å². The molecule has 1 atom stereocenters. The van der Waals surface area contributed by atoms with E-state index in [1.165, 1.54) is 17.7 Å². The van der Waals surface area contributed by atoms with E-state index in [9.17, 15) is 9.59 Å². The number of H-pyrrole nitrogens is 1. The average Bonchev–Trinajstić information content (AvgIpc) is 3.17. The molecule has 0 aliphatic heterocycles. The number of carbonyl (C=O) groups is 2. The summed E-state index contributed by atoms with van der Waals surface area (Å²) in [5, 5.41) is 3.82. The summed E-state index contributed by atoms with van der Waals surface area (Å²) in [6.07, 6.45) is 3.21. The quantitative estimate of drug-likeness (QED) is 0.550. The molecule has 1 amide bonds. The Hall–Kier alpha value is -3.48. The zero-order valence-corrected chi connectivity index (χ0v) is 18.6. The SMILES string of the molecule is COc1ccc(CNC(=O)COC(=O)c2ccc3[nH]c4c(c3c2)C[C@@H](C)CC4)cc1OC. The molecule has 0 unspecified atom stereocenters. The Morgan fingerprint density at radius 2 is 1.91 bits per heavy atom. The monoisotopic (exact) mass is 436 g/mol. The van der Waals surface area contributed by atoms with Gasteiger partial charge >= 0.3 is 5.97 Å². The predicted molar refractivity (Wildman–Crippen MR) is 121 cm³/mol. The first kappa shape index (κ1) is 21.7. The lowest BCUT2D eigenvalue weighted by Crippen LogP contribution is -2.28. The molecule has 2 N–H and O–H groups in total. The normalized spacial score (nSPS) is 15.2. The highest BCUT2D eigenvalue weighted by Gasteiger charge is 2.21. The van der Waals surface area contributed by atoms with E-state index >= 15 is 0 Å². The number of fused-ring (bicyclic) bond motifs is 3. The number of aryl methyl sites for hydroxylation is 1. The van der Waals surface area contributed by atoms with Crippen LogP contribution in [-0.2, 0) is 28.9 Å². The molecule has 1 aliphatic rings. The minimum atomic E-state index is -0.507. The van der Waals surface area contributed by atoms with Crippen LogP contribution in [0.5, 0.6) is 11.5 Å². The van der Waals surface area contributed by atoms with Gasteiger partial charge in [-0.3, -0.25) is 4.79 Å². The van der Waals surface area contributed by atoms with Crippen molar-refractivity contribution in [2.45, 2.75) is 32.7 Å². The number of methoxy groups -OCH3 is 2. The molecule has 4 rings (SSSR count). The number of esters is 1. The molecule has 3 aromatic rings. The highest BCUT2D eigenvalue weighted by Crippen LogP contribution is 2.32. The van der Waals surface area contributed by atoms with E-state index < -0.39 is 5.97 Å². The summed E-state index contributed by atoms with van der Waals surface area (Å²) in [6, 6.07) is 10.9. The van der Waals surface area contributed by atoms with Crippen LogP contribution >= 0.6 is 0 Å². The van der Waals surface area contributed by atoms with Gasteiger partial charge in [0.25, 0.3) is 5.91 Å². The summed E-state index contributed by atoms with van der Waals surface area (Å²) < 4.78 is 15.7. The fourth-order valence-electron chi connectivity index (χ4n) is 4.17. The van der Waals surface area contributed by atoms with Crippen LogP contribution in [0.15, 0.2) is 36.4 Å². The third kappa shape index (κ3) is 4.56. The Balaban J connectivity index is 1.35. The molecular formula is C25H28N2O5. The zero-order chi connectivity index (χ0) is 22.7. The lowest BCUT2D eigenvalue weighted by molar-refractivity contribution is -0.124. The molecule has 0 spiro atoms. The number of ether oxygens (including phenoxy) is 3. The number of hydrogen-bond acceptors (Lipinski definition) is 5. The van der Waals surface area contributed by atoms with E-state index in [0.717, 1.165) is 29.3 Å². The Morgan fingerprint density at radius 3 is 2.69 bits per heavy atom. The van der Waals surface area contributed by atoms with Crippen LogP contribution in [-0.4, -0.2) is 37.7 Å². The van der Waals surface area contributed by atoms with Gasteiger partial charge in [0.1, 0.15) is 0 Å². The Kier molecular flexibility index (Phi) is 6.35. The lowest BCUT2D eigenvalue weighted by Gasteiger charge is -2.18. The van der Waals surface area contributed by atoms with Crippen molar-refractivity contribution in [2.24, 2.45) is 5.92 Å². The molecule has 7 nitrogen and oxygen atoms in total. The molecule has 1 heterocycles. The van der Waals surface area contributed by atoms with E-state index in [4.69, 9.17) is 14.2 Å². The fourth-order valence-corrected chi connectivity index (χ4v) is 4.17. The average molecular weight is 437 g/mol. The van der Waals surface area contributed by atoms with Gasteiger partial charge in [-0.05, 0) is 66.6 Å². The smallest absolute Gasteiger partial charge is 0.338 e. The van der Waals surface area contributed by atoms with E-state index in [0.29, 0.717) is 23.0 Å². The van der Waals surface area contributed by atoms with Crippen molar-refractivity contribution in [3.63, 3.8) is 0 Å². The second kappa shape index (κ2) is 9.34. The van der Waals surface area contributed by atoms with Crippen molar-refractivity contribution in [1.29, 1.82) is 0 Å². The number of carbonyl (C=O) groups excluding carboxylic acids is 2. The number of benzene rings is 2. The second-order valence-corrected chi connectivity index (χ2v) is 8.23. The molecular weight excluding hydrogens is 408 g/mol. The summed E-state index contributed by atoms with van der Waals surface area (Å²) in [5.41, 5.74) is 4.89. The number of amides is 1. The minimum absolute atomic E-state index is 0.288. The zero-order valence-electron chi connectivity index (χ0n) is 18.6. The molecule has 0 saturated carbocycles. The first-order valence-corrected chi connectivity index (χ1v) is 10.8. The maximum absolute atomic E-state index is 12.5. The van der Waals surface area contributed by atoms with Gasteiger partial charge in [0, 0.05) is 23.1 Å². The van der Waals surface area contributed by atoms with Crippen molar-refractivity contribution in [3.05, 3.63) is 58.8 Å².